The first kappa shape index (κ1) is 19.3. The van der Waals surface area contributed by atoms with Gasteiger partial charge in [-0.15, -0.1) is 0 Å². The van der Waals surface area contributed by atoms with Crippen molar-refractivity contribution in [2.45, 2.75) is 19.9 Å². The van der Waals surface area contributed by atoms with E-state index in [1.807, 2.05) is 30.3 Å². The molecule has 4 nitrogen and oxygen atoms in total. The summed E-state index contributed by atoms with van der Waals surface area (Å²) in [5, 5.41) is 0.936. The van der Waals surface area contributed by atoms with Crippen LogP contribution in [0.1, 0.15) is 18.1 Å². The minimum absolute atomic E-state index is 0.0856. The number of amides is 1. The van der Waals surface area contributed by atoms with Crippen LogP contribution in [0.3, 0.4) is 0 Å². The minimum atomic E-state index is -0.436. The largest absolute Gasteiger partial charge is 0.465 e. The molecule has 0 saturated heterocycles. The molecule has 0 radical (unpaired) electrons. The molecule has 2 aromatic carbocycles. The van der Waals surface area contributed by atoms with E-state index in [2.05, 4.69) is 0 Å². The molecule has 6 heteroatoms. The second-order valence-electron chi connectivity index (χ2n) is 5.45. The van der Waals surface area contributed by atoms with E-state index in [1.165, 1.54) is 4.90 Å². The third-order valence-corrected chi connectivity index (χ3v) is 4.14. The Morgan fingerprint density at radius 2 is 1.80 bits per heavy atom. The van der Waals surface area contributed by atoms with E-state index in [9.17, 15) is 9.59 Å². The Bertz CT molecular complexity index is 735. The summed E-state index contributed by atoms with van der Waals surface area (Å²) in [6, 6.07) is 14.5. The van der Waals surface area contributed by atoms with Crippen molar-refractivity contribution in [2.24, 2.45) is 0 Å². The van der Waals surface area contributed by atoms with E-state index in [4.69, 9.17) is 27.9 Å². The van der Waals surface area contributed by atoms with Gasteiger partial charge in [0.05, 0.1) is 13.0 Å². The van der Waals surface area contributed by atoms with Crippen molar-refractivity contribution < 1.29 is 14.3 Å². The van der Waals surface area contributed by atoms with Gasteiger partial charge in [-0.25, -0.2) is 0 Å². The first-order valence-corrected chi connectivity index (χ1v) is 8.66. The van der Waals surface area contributed by atoms with Crippen LogP contribution in [0.25, 0.3) is 0 Å². The van der Waals surface area contributed by atoms with Gasteiger partial charge in [-0.3, -0.25) is 9.59 Å². The molecule has 25 heavy (non-hydrogen) atoms. The minimum Gasteiger partial charge on any atom is -0.465 e. The Morgan fingerprint density at radius 1 is 1.08 bits per heavy atom. The zero-order valence-corrected chi connectivity index (χ0v) is 15.4. The molecular formula is C19H19Cl2NO3. The molecule has 0 spiro atoms. The molecule has 0 aliphatic carbocycles. The van der Waals surface area contributed by atoms with Gasteiger partial charge in [0.15, 0.2) is 0 Å². The monoisotopic (exact) mass is 379 g/mol. The van der Waals surface area contributed by atoms with Gasteiger partial charge in [-0.05, 0) is 30.2 Å². The fourth-order valence-corrected chi connectivity index (χ4v) is 2.81. The highest BCUT2D eigenvalue weighted by molar-refractivity contribution is 6.35. The molecule has 1 amide bonds. The fraction of sp³-hybridized carbons (Fsp3) is 0.263. The maximum absolute atomic E-state index is 12.7. The summed E-state index contributed by atoms with van der Waals surface area (Å²) in [5.41, 5.74) is 1.60. The lowest BCUT2D eigenvalue weighted by molar-refractivity contribution is -0.149. The maximum Gasteiger partial charge on any atom is 0.325 e. The molecule has 0 aliphatic heterocycles. The Labute approximate surface area is 157 Å². The highest BCUT2D eigenvalue weighted by Crippen LogP contribution is 2.22. The summed E-state index contributed by atoms with van der Waals surface area (Å²) in [5.74, 6) is -0.643. The number of hydrogen-bond acceptors (Lipinski definition) is 3. The topological polar surface area (TPSA) is 46.6 Å². The highest BCUT2D eigenvalue weighted by Gasteiger charge is 2.19. The van der Waals surface area contributed by atoms with Crippen molar-refractivity contribution in [3.05, 3.63) is 69.7 Å². The normalized spacial score (nSPS) is 10.4. The third kappa shape index (κ3) is 6.07. The Hall–Kier alpha value is -2.04. The van der Waals surface area contributed by atoms with E-state index in [0.29, 0.717) is 22.2 Å². The zero-order chi connectivity index (χ0) is 18.2. The molecule has 0 N–H and O–H groups in total. The zero-order valence-electron chi connectivity index (χ0n) is 13.9. The van der Waals surface area contributed by atoms with Crippen molar-refractivity contribution in [3.63, 3.8) is 0 Å². The number of hydrogen-bond donors (Lipinski definition) is 0. The number of carbonyl (C=O) groups is 2. The van der Waals surface area contributed by atoms with E-state index in [-0.39, 0.29) is 25.5 Å². The highest BCUT2D eigenvalue weighted by atomic mass is 35.5. The summed E-state index contributed by atoms with van der Waals surface area (Å²) in [4.78, 5) is 26.0. The Morgan fingerprint density at radius 3 is 2.44 bits per heavy atom. The molecule has 0 aliphatic rings. The van der Waals surface area contributed by atoms with Crippen LogP contribution in [-0.2, 0) is 27.3 Å². The van der Waals surface area contributed by atoms with Crippen molar-refractivity contribution in [1.29, 1.82) is 0 Å². The quantitative estimate of drug-likeness (QED) is 0.679. The van der Waals surface area contributed by atoms with Crippen LogP contribution >= 0.6 is 23.2 Å². The summed E-state index contributed by atoms with van der Waals surface area (Å²) >= 11 is 12.0. The fourth-order valence-electron chi connectivity index (χ4n) is 2.34. The maximum atomic E-state index is 12.7. The third-order valence-electron chi connectivity index (χ3n) is 3.55. The number of benzene rings is 2. The molecule has 0 bridgehead atoms. The van der Waals surface area contributed by atoms with E-state index in [0.717, 1.165) is 5.56 Å². The van der Waals surface area contributed by atoms with Crippen LogP contribution in [0, 0.1) is 0 Å². The lowest BCUT2D eigenvalue weighted by atomic mass is 10.1. The van der Waals surface area contributed by atoms with E-state index < -0.39 is 5.97 Å². The number of esters is 1. The average molecular weight is 380 g/mol. The first-order valence-electron chi connectivity index (χ1n) is 7.91. The van der Waals surface area contributed by atoms with Crippen LogP contribution in [-0.4, -0.2) is 29.9 Å². The SMILES string of the molecule is CCOC(=O)CN(Cc1ccccc1)C(=O)Cc1ccc(Cl)cc1Cl. The molecule has 0 aromatic heterocycles. The summed E-state index contributed by atoms with van der Waals surface area (Å²) in [7, 11) is 0. The number of ether oxygens (including phenoxy) is 1. The van der Waals surface area contributed by atoms with Crippen molar-refractivity contribution in [1.82, 2.24) is 4.90 Å². The second kappa shape index (κ2) is 9.44. The van der Waals surface area contributed by atoms with Crippen LogP contribution in [0.15, 0.2) is 48.5 Å². The van der Waals surface area contributed by atoms with Gasteiger partial charge in [-0.1, -0.05) is 59.6 Å². The second-order valence-corrected chi connectivity index (χ2v) is 6.30. The molecule has 0 fully saturated rings. The van der Waals surface area contributed by atoms with E-state index >= 15 is 0 Å². The molecule has 2 aromatic rings. The average Bonchev–Trinajstić information content (AvgIpc) is 2.58. The van der Waals surface area contributed by atoms with Gasteiger partial charge < -0.3 is 9.64 Å². The van der Waals surface area contributed by atoms with Crippen LogP contribution in [0.5, 0.6) is 0 Å². The molecule has 0 atom stereocenters. The van der Waals surface area contributed by atoms with Gasteiger partial charge in [-0.2, -0.15) is 0 Å². The van der Waals surface area contributed by atoms with Gasteiger partial charge >= 0.3 is 5.97 Å². The van der Waals surface area contributed by atoms with Gasteiger partial charge in [0, 0.05) is 16.6 Å². The summed E-state index contributed by atoms with van der Waals surface area (Å²) < 4.78 is 4.97. The molecule has 2 rings (SSSR count). The van der Waals surface area contributed by atoms with Crippen molar-refractivity contribution in [3.8, 4) is 0 Å². The van der Waals surface area contributed by atoms with Gasteiger partial charge in [0.2, 0.25) is 5.91 Å². The van der Waals surface area contributed by atoms with Crippen LogP contribution in [0.4, 0.5) is 0 Å². The number of nitrogens with zero attached hydrogens (tertiary/aromatic N) is 1. The summed E-state index contributed by atoms with van der Waals surface area (Å²) in [6.07, 6.45) is 0.0856. The molecule has 132 valence electrons. The standard InChI is InChI=1S/C19H19Cl2NO3/c1-2-25-19(24)13-22(12-14-6-4-3-5-7-14)18(23)10-15-8-9-16(20)11-17(15)21/h3-9,11H,2,10,12-13H2,1H3. The molecule has 0 heterocycles. The number of halogens is 2. The van der Waals surface area contributed by atoms with Gasteiger partial charge in [0.1, 0.15) is 6.54 Å². The predicted molar refractivity (Wildman–Crippen MR) is 98.7 cm³/mol. The van der Waals surface area contributed by atoms with Crippen molar-refractivity contribution in [2.75, 3.05) is 13.2 Å². The molecular weight excluding hydrogens is 361 g/mol. The number of carbonyl (C=O) groups excluding carboxylic acids is 2. The van der Waals surface area contributed by atoms with Crippen LogP contribution < -0.4 is 0 Å². The smallest absolute Gasteiger partial charge is 0.325 e. The molecule has 0 saturated carbocycles. The lowest BCUT2D eigenvalue weighted by Gasteiger charge is -2.22. The molecule has 0 unspecified atom stereocenters. The lowest BCUT2D eigenvalue weighted by Crippen LogP contribution is -2.37. The number of rotatable bonds is 7. The van der Waals surface area contributed by atoms with Gasteiger partial charge in [0.25, 0.3) is 0 Å². The first-order chi connectivity index (χ1) is 12.0. The Balaban J connectivity index is 2.14. The predicted octanol–water partition coefficient (Wildman–Crippen LogP) is 4.13. The summed E-state index contributed by atoms with van der Waals surface area (Å²) in [6.45, 7) is 2.22. The van der Waals surface area contributed by atoms with Crippen molar-refractivity contribution >= 4 is 35.1 Å². The Kier molecular flexibility index (Phi) is 7.29. The van der Waals surface area contributed by atoms with Crippen LogP contribution in [0.2, 0.25) is 10.0 Å². The van der Waals surface area contributed by atoms with E-state index in [1.54, 1.807) is 25.1 Å².